The second kappa shape index (κ2) is 6.91. The Morgan fingerprint density at radius 2 is 1.79 bits per heavy atom. The summed E-state index contributed by atoms with van der Waals surface area (Å²) in [5.41, 5.74) is 1.40. The fraction of sp³-hybridized carbons (Fsp3) is 0.500. The summed E-state index contributed by atoms with van der Waals surface area (Å²) >= 11 is 1.78. The van der Waals surface area contributed by atoms with Crippen molar-refractivity contribution in [3.8, 4) is 0 Å². The molecule has 0 amide bonds. The van der Waals surface area contributed by atoms with Gasteiger partial charge in [0.25, 0.3) is 0 Å². The number of aryl methyl sites for hydroxylation is 1. The summed E-state index contributed by atoms with van der Waals surface area (Å²) in [6, 6.07) is 8.74. The van der Waals surface area contributed by atoms with Crippen molar-refractivity contribution in [3.05, 3.63) is 29.8 Å². The average molecular weight is 210 g/mol. The van der Waals surface area contributed by atoms with Crippen LogP contribution in [0.1, 0.15) is 24.8 Å². The van der Waals surface area contributed by atoms with Gasteiger partial charge in [-0.25, -0.2) is 0 Å². The van der Waals surface area contributed by atoms with Crippen molar-refractivity contribution in [1.29, 1.82) is 0 Å². The predicted octanol–water partition coefficient (Wildman–Crippen LogP) is 3.11. The van der Waals surface area contributed by atoms with E-state index >= 15 is 0 Å². The molecule has 0 unspecified atom stereocenters. The van der Waals surface area contributed by atoms with Gasteiger partial charge in [0.05, 0.1) is 0 Å². The molecule has 78 valence electrons. The molecule has 0 bridgehead atoms. The molecular weight excluding hydrogens is 192 g/mol. The zero-order valence-corrected chi connectivity index (χ0v) is 9.52. The first-order valence-electron chi connectivity index (χ1n) is 5.10. The van der Waals surface area contributed by atoms with Crippen LogP contribution in [0.15, 0.2) is 29.2 Å². The molecule has 1 N–H and O–H groups in total. The highest BCUT2D eigenvalue weighted by molar-refractivity contribution is 7.98. The fourth-order valence-corrected chi connectivity index (χ4v) is 1.82. The maximum Gasteiger partial charge on any atom is 0.0431 e. The number of benzene rings is 1. The zero-order valence-electron chi connectivity index (χ0n) is 8.70. The Morgan fingerprint density at radius 1 is 1.07 bits per heavy atom. The van der Waals surface area contributed by atoms with E-state index < -0.39 is 0 Å². The third kappa shape index (κ3) is 4.16. The number of aliphatic hydroxyl groups is 1. The topological polar surface area (TPSA) is 20.2 Å². The average Bonchev–Trinajstić information content (AvgIpc) is 2.25. The number of hydrogen-bond acceptors (Lipinski definition) is 2. The van der Waals surface area contributed by atoms with Gasteiger partial charge in [-0.2, -0.15) is 0 Å². The van der Waals surface area contributed by atoms with Crippen molar-refractivity contribution in [2.24, 2.45) is 0 Å². The van der Waals surface area contributed by atoms with Crippen molar-refractivity contribution in [2.45, 2.75) is 30.6 Å². The van der Waals surface area contributed by atoms with E-state index in [0.717, 1.165) is 19.3 Å². The monoisotopic (exact) mass is 210 g/mol. The van der Waals surface area contributed by atoms with Crippen LogP contribution in [0.5, 0.6) is 0 Å². The van der Waals surface area contributed by atoms with Gasteiger partial charge in [-0.05, 0) is 43.2 Å². The summed E-state index contributed by atoms with van der Waals surface area (Å²) in [4.78, 5) is 1.32. The third-order valence-corrected chi connectivity index (χ3v) is 3.03. The van der Waals surface area contributed by atoms with Crippen molar-refractivity contribution in [2.75, 3.05) is 12.9 Å². The van der Waals surface area contributed by atoms with Gasteiger partial charge in [0.2, 0.25) is 0 Å². The number of thioether (sulfide) groups is 1. The SMILES string of the molecule is CSc1ccc(CCCCCO)cc1. The Bertz CT molecular complexity index is 243. The standard InChI is InChI=1S/C12H18OS/c1-14-12-8-6-11(7-9-12)5-3-2-4-10-13/h6-9,13H,2-5,10H2,1H3. The second-order valence-corrected chi connectivity index (χ2v) is 4.26. The van der Waals surface area contributed by atoms with Gasteiger partial charge in [-0.15, -0.1) is 11.8 Å². The first kappa shape index (κ1) is 11.6. The molecular formula is C12H18OS. The van der Waals surface area contributed by atoms with Crippen LogP contribution in [-0.4, -0.2) is 18.0 Å². The third-order valence-electron chi connectivity index (χ3n) is 2.28. The predicted molar refractivity (Wildman–Crippen MR) is 62.9 cm³/mol. The van der Waals surface area contributed by atoms with Gasteiger partial charge in [0.1, 0.15) is 0 Å². The molecule has 0 atom stereocenters. The maximum atomic E-state index is 8.63. The molecule has 0 aliphatic rings. The minimum Gasteiger partial charge on any atom is -0.396 e. The van der Waals surface area contributed by atoms with E-state index in [9.17, 15) is 0 Å². The molecule has 0 radical (unpaired) electrons. The van der Waals surface area contributed by atoms with Crippen LogP contribution in [0.3, 0.4) is 0 Å². The lowest BCUT2D eigenvalue weighted by molar-refractivity contribution is 0.283. The maximum absolute atomic E-state index is 8.63. The lowest BCUT2D eigenvalue weighted by Crippen LogP contribution is -1.87. The summed E-state index contributed by atoms with van der Waals surface area (Å²) in [6.45, 7) is 0.325. The Balaban J connectivity index is 2.29. The quantitative estimate of drug-likeness (QED) is 0.575. The molecule has 2 heteroatoms. The molecule has 0 saturated heterocycles. The first-order chi connectivity index (χ1) is 6.86. The fourth-order valence-electron chi connectivity index (χ4n) is 1.41. The van der Waals surface area contributed by atoms with Crippen molar-refractivity contribution in [1.82, 2.24) is 0 Å². The lowest BCUT2D eigenvalue weighted by Gasteiger charge is -2.02. The minimum atomic E-state index is 0.325. The van der Waals surface area contributed by atoms with Crippen molar-refractivity contribution in [3.63, 3.8) is 0 Å². The molecule has 1 aromatic carbocycles. The van der Waals surface area contributed by atoms with Gasteiger partial charge >= 0.3 is 0 Å². The van der Waals surface area contributed by atoms with E-state index in [4.69, 9.17) is 5.11 Å². The molecule has 1 nitrogen and oxygen atoms in total. The molecule has 0 fully saturated rings. The Hall–Kier alpha value is -0.470. The van der Waals surface area contributed by atoms with Gasteiger partial charge in [-0.3, -0.25) is 0 Å². The number of aliphatic hydroxyl groups excluding tert-OH is 1. The summed E-state index contributed by atoms with van der Waals surface area (Å²) in [7, 11) is 0. The normalized spacial score (nSPS) is 10.4. The van der Waals surface area contributed by atoms with Crippen LogP contribution in [0, 0.1) is 0 Å². The van der Waals surface area contributed by atoms with E-state index in [0.29, 0.717) is 6.61 Å². The summed E-state index contributed by atoms with van der Waals surface area (Å²) in [5, 5.41) is 8.63. The Labute approximate surface area is 90.5 Å². The molecule has 1 aromatic rings. The van der Waals surface area contributed by atoms with Crippen LogP contribution in [0.4, 0.5) is 0 Å². The van der Waals surface area contributed by atoms with Crippen LogP contribution in [0.2, 0.25) is 0 Å². The highest BCUT2D eigenvalue weighted by atomic mass is 32.2. The molecule has 0 saturated carbocycles. The van der Waals surface area contributed by atoms with E-state index in [2.05, 4.69) is 30.5 Å². The molecule has 0 aromatic heterocycles. The highest BCUT2D eigenvalue weighted by Crippen LogP contribution is 2.16. The van der Waals surface area contributed by atoms with E-state index in [1.807, 2.05) is 0 Å². The van der Waals surface area contributed by atoms with Gasteiger partial charge in [0.15, 0.2) is 0 Å². The number of hydrogen-bond donors (Lipinski definition) is 1. The number of rotatable bonds is 6. The molecule has 0 aliphatic heterocycles. The summed E-state index contributed by atoms with van der Waals surface area (Å²) in [5.74, 6) is 0. The molecule has 1 rings (SSSR count). The van der Waals surface area contributed by atoms with Gasteiger partial charge in [0, 0.05) is 11.5 Å². The molecule has 0 aliphatic carbocycles. The Kier molecular flexibility index (Phi) is 5.72. The lowest BCUT2D eigenvalue weighted by atomic mass is 10.1. The van der Waals surface area contributed by atoms with Crippen molar-refractivity contribution >= 4 is 11.8 Å². The zero-order chi connectivity index (χ0) is 10.2. The molecule has 14 heavy (non-hydrogen) atoms. The van der Waals surface area contributed by atoms with Crippen LogP contribution in [-0.2, 0) is 6.42 Å². The van der Waals surface area contributed by atoms with Crippen LogP contribution < -0.4 is 0 Å². The van der Waals surface area contributed by atoms with Crippen molar-refractivity contribution < 1.29 is 5.11 Å². The summed E-state index contributed by atoms with van der Waals surface area (Å²) < 4.78 is 0. The smallest absolute Gasteiger partial charge is 0.0431 e. The molecule has 0 spiro atoms. The van der Waals surface area contributed by atoms with E-state index in [-0.39, 0.29) is 0 Å². The van der Waals surface area contributed by atoms with Crippen LogP contribution >= 0.6 is 11.8 Å². The minimum absolute atomic E-state index is 0.325. The largest absolute Gasteiger partial charge is 0.396 e. The highest BCUT2D eigenvalue weighted by Gasteiger charge is 1.94. The van der Waals surface area contributed by atoms with E-state index in [1.54, 1.807) is 11.8 Å². The second-order valence-electron chi connectivity index (χ2n) is 3.38. The van der Waals surface area contributed by atoms with Gasteiger partial charge < -0.3 is 5.11 Å². The van der Waals surface area contributed by atoms with E-state index in [1.165, 1.54) is 16.9 Å². The van der Waals surface area contributed by atoms with Crippen LogP contribution in [0.25, 0.3) is 0 Å². The van der Waals surface area contributed by atoms with Gasteiger partial charge in [-0.1, -0.05) is 18.6 Å². The first-order valence-corrected chi connectivity index (χ1v) is 6.33. The summed E-state index contributed by atoms with van der Waals surface area (Å²) in [6.07, 6.45) is 6.47. The molecule has 0 heterocycles. The Morgan fingerprint density at radius 3 is 2.36 bits per heavy atom. The number of unbranched alkanes of at least 4 members (excludes halogenated alkanes) is 2.